The first-order chi connectivity index (χ1) is 22.1. The SMILES string of the molecule is C=C(/N=C(/OCc1ccccc1)C(=C)c1ccc(N2CCC3(CCN(C(=O)OC(C)(C)C)CC3)CC2)cc1)OCc1ccccc1. The molecule has 2 fully saturated rings. The van der Waals surface area contributed by atoms with Gasteiger partial charge in [0.1, 0.15) is 18.8 Å². The van der Waals surface area contributed by atoms with E-state index in [-0.39, 0.29) is 12.0 Å². The van der Waals surface area contributed by atoms with Crippen LogP contribution in [0.4, 0.5) is 10.5 Å². The summed E-state index contributed by atoms with van der Waals surface area (Å²) in [5.74, 6) is 0.649. The van der Waals surface area contributed by atoms with Gasteiger partial charge in [0.25, 0.3) is 0 Å². The Morgan fingerprint density at radius 3 is 1.83 bits per heavy atom. The number of ether oxygens (including phenoxy) is 3. The van der Waals surface area contributed by atoms with Gasteiger partial charge in [-0.1, -0.05) is 79.4 Å². The summed E-state index contributed by atoms with van der Waals surface area (Å²) < 4.78 is 17.6. The number of hydrogen-bond donors (Lipinski definition) is 0. The quantitative estimate of drug-likeness (QED) is 0.136. The number of benzene rings is 3. The van der Waals surface area contributed by atoms with Crippen LogP contribution in [0.3, 0.4) is 0 Å². The second-order valence-corrected chi connectivity index (χ2v) is 13.3. The first-order valence-electron chi connectivity index (χ1n) is 16.2. The molecular formula is C39H47N3O4. The van der Waals surface area contributed by atoms with Crippen LogP contribution in [-0.4, -0.2) is 48.7 Å². The van der Waals surface area contributed by atoms with E-state index in [4.69, 9.17) is 14.2 Å². The van der Waals surface area contributed by atoms with Crippen molar-refractivity contribution < 1.29 is 19.0 Å². The van der Waals surface area contributed by atoms with Crippen LogP contribution in [0.1, 0.15) is 63.1 Å². The van der Waals surface area contributed by atoms with E-state index in [1.165, 1.54) is 5.69 Å². The van der Waals surface area contributed by atoms with Crippen molar-refractivity contribution >= 4 is 23.3 Å². The second kappa shape index (κ2) is 14.7. The number of aliphatic imine (C=N–C) groups is 1. The molecule has 0 saturated carbocycles. The molecule has 1 spiro atoms. The summed E-state index contributed by atoms with van der Waals surface area (Å²) in [4.78, 5) is 21.5. The van der Waals surface area contributed by atoms with Gasteiger partial charge in [-0.2, -0.15) is 4.99 Å². The number of hydrogen-bond acceptors (Lipinski definition) is 6. The lowest BCUT2D eigenvalue weighted by Crippen LogP contribution is -2.49. The molecule has 46 heavy (non-hydrogen) atoms. The Balaban J connectivity index is 1.19. The van der Waals surface area contributed by atoms with Crippen molar-refractivity contribution in [1.82, 2.24) is 4.90 Å². The van der Waals surface area contributed by atoms with Crippen LogP contribution >= 0.6 is 0 Å². The highest BCUT2D eigenvalue weighted by Gasteiger charge is 2.39. The molecule has 1 amide bonds. The molecule has 0 bridgehead atoms. The minimum Gasteiger partial charge on any atom is -0.473 e. The van der Waals surface area contributed by atoms with Crippen molar-refractivity contribution in [2.75, 3.05) is 31.1 Å². The smallest absolute Gasteiger partial charge is 0.410 e. The molecule has 2 aliphatic rings. The highest BCUT2D eigenvalue weighted by molar-refractivity contribution is 6.19. The lowest BCUT2D eigenvalue weighted by atomic mass is 9.71. The van der Waals surface area contributed by atoms with Crippen molar-refractivity contribution in [3.63, 3.8) is 0 Å². The fourth-order valence-corrected chi connectivity index (χ4v) is 6.03. The molecule has 0 unspecified atom stereocenters. The fraction of sp³-hybridized carbons (Fsp3) is 0.385. The van der Waals surface area contributed by atoms with E-state index in [1.807, 2.05) is 86.3 Å². The Labute approximate surface area is 274 Å². The molecule has 5 rings (SSSR count). The summed E-state index contributed by atoms with van der Waals surface area (Å²) in [6.45, 7) is 18.4. The lowest BCUT2D eigenvalue weighted by Gasteiger charge is -2.47. The van der Waals surface area contributed by atoms with Gasteiger partial charge in [0.05, 0.1) is 0 Å². The lowest BCUT2D eigenvalue weighted by molar-refractivity contribution is 0.00666. The van der Waals surface area contributed by atoms with Crippen LogP contribution in [0, 0.1) is 5.41 Å². The van der Waals surface area contributed by atoms with Gasteiger partial charge in [0.2, 0.25) is 11.8 Å². The number of piperidine rings is 2. The summed E-state index contributed by atoms with van der Waals surface area (Å²) in [5.41, 5.74) is 4.69. The molecular weight excluding hydrogens is 574 g/mol. The number of nitrogens with zero attached hydrogens (tertiary/aromatic N) is 3. The second-order valence-electron chi connectivity index (χ2n) is 13.3. The van der Waals surface area contributed by atoms with E-state index < -0.39 is 5.60 Å². The van der Waals surface area contributed by atoms with Crippen molar-refractivity contribution in [3.05, 3.63) is 121 Å². The Bertz CT molecular complexity index is 1490. The number of amides is 1. The number of carbonyl (C=O) groups excluding carboxylic acids is 1. The summed E-state index contributed by atoms with van der Waals surface area (Å²) in [6, 6.07) is 28.4. The minimum absolute atomic E-state index is 0.191. The van der Waals surface area contributed by atoms with E-state index in [0.29, 0.717) is 30.1 Å². The van der Waals surface area contributed by atoms with Gasteiger partial charge in [-0.25, -0.2) is 4.79 Å². The summed E-state index contributed by atoms with van der Waals surface area (Å²) in [5, 5.41) is 0. The van der Waals surface area contributed by atoms with E-state index >= 15 is 0 Å². The molecule has 242 valence electrons. The third-order valence-electron chi connectivity index (χ3n) is 8.83. The van der Waals surface area contributed by atoms with Crippen LogP contribution in [0.2, 0.25) is 0 Å². The molecule has 0 aliphatic carbocycles. The molecule has 3 aromatic carbocycles. The van der Waals surface area contributed by atoms with Crippen LogP contribution in [-0.2, 0) is 27.4 Å². The van der Waals surface area contributed by atoms with Crippen molar-refractivity contribution in [2.24, 2.45) is 10.4 Å². The van der Waals surface area contributed by atoms with Gasteiger partial charge in [-0.3, -0.25) is 0 Å². The van der Waals surface area contributed by atoms with Gasteiger partial charge < -0.3 is 24.0 Å². The summed E-state index contributed by atoms with van der Waals surface area (Å²) in [7, 11) is 0. The predicted octanol–water partition coefficient (Wildman–Crippen LogP) is 8.62. The standard InChI is InChI=1S/C39H47N3O4/c1-30(36(45-29-33-14-10-7-11-15-33)40-31(2)44-28-32-12-8-6-9-13-32)34-16-18-35(19-17-34)41-24-20-39(21-25-41)22-26-42(27-23-39)37(43)46-38(3,4)5/h6-19H,1-2,20-29H2,3-5H3/b40-36+. The molecule has 0 aromatic heterocycles. The maximum absolute atomic E-state index is 12.5. The van der Waals surface area contributed by atoms with Gasteiger partial charge in [-0.15, -0.1) is 0 Å². The number of likely N-dealkylation sites (tertiary alicyclic amines) is 1. The molecule has 0 N–H and O–H groups in total. The molecule has 0 atom stereocenters. The zero-order valence-corrected chi connectivity index (χ0v) is 27.5. The van der Waals surface area contributed by atoms with Crippen molar-refractivity contribution in [1.29, 1.82) is 0 Å². The van der Waals surface area contributed by atoms with Gasteiger partial charge >= 0.3 is 6.09 Å². The van der Waals surface area contributed by atoms with E-state index in [2.05, 4.69) is 47.3 Å². The van der Waals surface area contributed by atoms with Crippen molar-refractivity contribution in [3.8, 4) is 0 Å². The van der Waals surface area contributed by atoms with Gasteiger partial charge in [-0.05, 0) is 87.3 Å². The zero-order valence-electron chi connectivity index (χ0n) is 27.5. The third-order valence-corrected chi connectivity index (χ3v) is 8.83. The molecule has 2 aliphatic heterocycles. The highest BCUT2D eigenvalue weighted by atomic mass is 16.6. The normalized spacial score (nSPS) is 16.5. The van der Waals surface area contributed by atoms with E-state index in [1.54, 1.807) is 0 Å². The van der Waals surface area contributed by atoms with Crippen LogP contribution in [0.5, 0.6) is 0 Å². The monoisotopic (exact) mass is 621 g/mol. The Hall–Kier alpha value is -4.52. The summed E-state index contributed by atoms with van der Waals surface area (Å²) >= 11 is 0. The molecule has 3 aromatic rings. The zero-order chi connectivity index (χ0) is 32.6. The van der Waals surface area contributed by atoms with Crippen LogP contribution < -0.4 is 4.90 Å². The van der Waals surface area contributed by atoms with Crippen molar-refractivity contribution in [2.45, 2.75) is 65.3 Å². The predicted molar refractivity (Wildman–Crippen MR) is 185 cm³/mol. The first-order valence-corrected chi connectivity index (χ1v) is 16.2. The largest absolute Gasteiger partial charge is 0.473 e. The molecule has 2 saturated heterocycles. The number of carbonyl (C=O) groups is 1. The van der Waals surface area contributed by atoms with Crippen LogP contribution in [0.25, 0.3) is 5.57 Å². The Morgan fingerprint density at radius 1 is 0.761 bits per heavy atom. The Morgan fingerprint density at radius 2 is 1.28 bits per heavy atom. The fourth-order valence-electron chi connectivity index (χ4n) is 6.03. The van der Waals surface area contributed by atoms with Gasteiger partial charge in [0.15, 0.2) is 0 Å². The molecule has 0 radical (unpaired) electrons. The number of rotatable bonds is 9. The minimum atomic E-state index is -0.464. The molecule has 7 nitrogen and oxygen atoms in total. The average molecular weight is 622 g/mol. The van der Waals surface area contributed by atoms with E-state index in [0.717, 1.165) is 68.6 Å². The number of anilines is 1. The maximum Gasteiger partial charge on any atom is 0.410 e. The average Bonchev–Trinajstić information content (AvgIpc) is 3.06. The third kappa shape index (κ3) is 9.03. The maximum atomic E-state index is 12.5. The molecule has 2 heterocycles. The Kier molecular flexibility index (Phi) is 10.5. The first kappa shape index (κ1) is 32.9. The highest BCUT2D eigenvalue weighted by Crippen LogP contribution is 2.42. The topological polar surface area (TPSA) is 63.6 Å². The summed E-state index contributed by atoms with van der Waals surface area (Å²) in [6.07, 6.45) is 4.12. The van der Waals surface area contributed by atoms with Crippen LogP contribution in [0.15, 0.2) is 109 Å². The van der Waals surface area contributed by atoms with Gasteiger partial charge in [0, 0.05) is 37.4 Å². The molecule has 7 heteroatoms. The van der Waals surface area contributed by atoms with E-state index in [9.17, 15) is 4.79 Å².